The third-order valence-electron chi connectivity index (χ3n) is 2.69. The summed E-state index contributed by atoms with van der Waals surface area (Å²) in [7, 11) is 0. The molecule has 0 unspecified atom stereocenters. The Labute approximate surface area is 71.6 Å². The summed E-state index contributed by atoms with van der Waals surface area (Å²) in [6.45, 7) is 4.04. The van der Waals surface area contributed by atoms with Gasteiger partial charge in [0, 0.05) is 0 Å². The van der Waals surface area contributed by atoms with Gasteiger partial charge in [-0.3, -0.25) is 4.79 Å². The van der Waals surface area contributed by atoms with Crippen LogP contribution in [0.5, 0.6) is 0 Å². The number of fused-ring (bicyclic) bond motifs is 1. The van der Waals surface area contributed by atoms with E-state index in [4.69, 9.17) is 10.5 Å². The van der Waals surface area contributed by atoms with Crippen LogP contribution in [-0.2, 0) is 9.53 Å². The summed E-state index contributed by atoms with van der Waals surface area (Å²) >= 11 is 0. The van der Waals surface area contributed by atoms with E-state index in [2.05, 4.69) is 0 Å². The summed E-state index contributed by atoms with van der Waals surface area (Å²) in [4.78, 5) is 11.0. The fourth-order valence-corrected chi connectivity index (χ4v) is 2.09. The maximum absolute atomic E-state index is 11.0. The van der Waals surface area contributed by atoms with Gasteiger partial charge in [0.05, 0.1) is 11.5 Å². The van der Waals surface area contributed by atoms with Crippen molar-refractivity contribution in [2.75, 3.05) is 0 Å². The fourth-order valence-electron chi connectivity index (χ4n) is 2.09. The Bertz CT molecular complexity index is 272. The van der Waals surface area contributed by atoms with Crippen LogP contribution < -0.4 is 5.73 Å². The number of amides is 1. The van der Waals surface area contributed by atoms with E-state index in [9.17, 15) is 4.79 Å². The molecule has 0 aromatic heterocycles. The molecule has 0 radical (unpaired) electrons. The highest BCUT2D eigenvalue weighted by Crippen LogP contribution is 2.49. The van der Waals surface area contributed by atoms with Crippen LogP contribution in [-0.4, -0.2) is 17.6 Å². The van der Waals surface area contributed by atoms with Gasteiger partial charge in [-0.05, 0) is 20.3 Å². The minimum absolute atomic E-state index is 0.0405. The zero-order chi connectivity index (χ0) is 8.93. The number of rotatable bonds is 1. The first-order chi connectivity index (χ1) is 5.53. The summed E-state index contributed by atoms with van der Waals surface area (Å²) in [6, 6.07) is 0. The number of nitrogens with two attached hydrogens (primary N) is 1. The van der Waals surface area contributed by atoms with Gasteiger partial charge in [-0.2, -0.15) is 0 Å². The Hall–Kier alpha value is -0.830. The molecular formula is C9H13NO2. The number of hydrogen-bond donors (Lipinski definition) is 1. The highest BCUT2D eigenvalue weighted by molar-refractivity contribution is 5.80. The van der Waals surface area contributed by atoms with Crippen LogP contribution in [0.25, 0.3) is 0 Å². The highest BCUT2D eigenvalue weighted by Gasteiger charge is 2.58. The average molecular weight is 167 g/mol. The Morgan fingerprint density at radius 3 is 3.08 bits per heavy atom. The number of hydrogen-bond acceptors (Lipinski definition) is 2. The number of carbonyl (C=O) groups excluding carboxylic acids is 1. The molecular weight excluding hydrogens is 154 g/mol. The molecule has 1 aliphatic heterocycles. The van der Waals surface area contributed by atoms with Crippen molar-refractivity contribution in [1.29, 1.82) is 0 Å². The van der Waals surface area contributed by atoms with Crippen molar-refractivity contribution in [3.05, 3.63) is 11.6 Å². The minimum Gasteiger partial charge on any atom is -0.369 e. The number of epoxide rings is 1. The zero-order valence-corrected chi connectivity index (χ0v) is 7.33. The van der Waals surface area contributed by atoms with Crippen LogP contribution in [0.2, 0.25) is 0 Å². The largest absolute Gasteiger partial charge is 0.369 e. The van der Waals surface area contributed by atoms with Crippen molar-refractivity contribution in [1.82, 2.24) is 0 Å². The summed E-state index contributed by atoms with van der Waals surface area (Å²) in [5, 5.41) is 0. The lowest BCUT2D eigenvalue weighted by Crippen LogP contribution is -2.32. The molecule has 0 aromatic rings. The van der Waals surface area contributed by atoms with Gasteiger partial charge < -0.3 is 10.5 Å². The molecule has 12 heavy (non-hydrogen) atoms. The molecule has 3 nitrogen and oxygen atoms in total. The second-order valence-electron chi connectivity index (χ2n) is 3.97. The lowest BCUT2D eigenvalue weighted by atomic mass is 9.84. The summed E-state index contributed by atoms with van der Waals surface area (Å²) < 4.78 is 5.46. The van der Waals surface area contributed by atoms with Gasteiger partial charge in [0.25, 0.3) is 0 Å². The summed E-state index contributed by atoms with van der Waals surface area (Å²) in [6.07, 6.45) is 2.90. The Morgan fingerprint density at radius 2 is 2.50 bits per heavy atom. The number of primary amides is 1. The molecule has 2 aliphatic rings. The molecule has 3 heteroatoms. The first kappa shape index (κ1) is 7.80. The Kier molecular flexibility index (Phi) is 1.37. The van der Waals surface area contributed by atoms with Crippen LogP contribution in [0.1, 0.15) is 20.3 Å². The maximum atomic E-state index is 11.0. The number of ether oxygens (including phenoxy) is 1. The molecule has 1 fully saturated rings. The van der Waals surface area contributed by atoms with Crippen molar-refractivity contribution in [3.8, 4) is 0 Å². The molecule has 2 N–H and O–H groups in total. The molecule has 0 saturated carbocycles. The minimum atomic E-state index is -0.275. The highest BCUT2D eigenvalue weighted by atomic mass is 16.6. The monoisotopic (exact) mass is 167 g/mol. The predicted molar refractivity (Wildman–Crippen MR) is 44.3 cm³/mol. The van der Waals surface area contributed by atoms with E-state index < -0.39 is 0 Å². The molecule has 1 aliphatic carbocycles. The molecule has 0 bridgehead atoms. The molecule has 66 valence electrons. The third-order valence-corrected chi connectivity index (χ3v) is 2.69. The fraction of sp³-hybridized carbons (Fsp3) is 0.667. The molecule has 2 rings (SSSR count). The van der Waals surface area contributed by atoms with Crippen molar-refractivity contribution >= 4 is 5.91 Å². The van der Waals surface area contributed by atoms with Crippen LogP contribution in [0.15, 0.2) is 11.6 Å². The zero-order valence-electron chi connectivity index (χ0n) is 7.33. The van der Waals surface area contributed by atoms with Crippen molar-refractivity contribution in [2.45, 2.75) is 32.0 Å². The number of carbonyl (C=O) groups is 1. The van der Waals surface area contributed by atoms with E-state index in [1.54, 1.807) is 0 Å². The van der Waals surface area contributed by atoms with Crippen molar-refractivity contribution in [3.63, 3.8) is 0 Å². The lowest BCUT2D eigenvalue weighted by Gasteiger charge is -2.16. The van der Waals surface area contributed by atoms with Crippen molar-refractivity contribution in [2.24, 2.45) is 11.7 Å². The van der Waals surface area contributed by atoms with E-state index in [0.29, 0.717) is 0 Å². The van der Waals surface area contributed by atoms with Gasteiger partial charge in [0.1, 0.15) is 6.10 Å². The van der Waals surface area contributed by atoms with Crippen LogP contribution in [0, 0.1) is 5.92 Å². The molecule has 1 amide bonds. The normalized spacial score (nSPS) is 44.7. The third kappa shape index (κ3) is 0.966. The summed E-state index contributed by atoms with van der Waals surface area (Å²) in [5.41, 5.74) is 6.35. The van der Waals surface area contributed by atoms with E-state index in [-0.39, 0.29) is 23.5 Å². The molecule has 0 aromatic carbocycles. The molecule has 3 atom stereocenters. The van der Waals surface area contributed by atoms with E-state index in [1.807, 2.05) is 19.9 Å². The first-order valence-corrected chi connectivity index (χ1v) is 4.17. The first-order valence-electron chi connectivity index (χ1n) is 4.17. The van der Waals surface area contributed by atoms with E-state index in [0.717, 1.165) is 6.42 Å². The van der Waals surface area contributed by atoms with E-state index in [1.165, 1.54) is 5.57 Å². The van der Waals surface area contributed by atoms with Gasteiger partial charge in [-0.1, -0.05) is 11.6 Å². The van der Waals surface area contributed by atoms with Gasteiger partial charge >= 0.3 is 0 Å². The topological polar surface area (TPSA) is 55.6 Å². The van der Waals surface area contributed by atoms with E-state index >= 15 is 0 Å². The van der Waals surface area contributed by atoms with Gasteiger partial charge in [-0.25, -0.2) is 0 Å². The maximum Gasteiger partial charge on any atom is 0.227 e. The predicted octanol–water partition coefficient (Wildman–Crippen LogP) is 0.595. The second kappa shape index (κ2) is 2.10. The Morgan fingerprint density at radius 1 is 1.83 bits per heavy atom. The smallest absolute Gasteiger partial charge is 0.227 e. The molecule has 1 saturated heterocycles. The molecule has 0 spiro atoms. The van der Waals surface area contributed by atoms with Gasteiger partial charge in [0.2, 0.25) is 5.91 Å². The van der Waals surface area contributed by atoms with Crippen LogP contribution in [0.4, 0.5) is 0 Å². The van der Waals surface area contributed by atoms with Gasteiger partial charge in [0.15, 0.2) is 0 Å². The lowest BCUT2D eigenvalue weighted by molar-refractivity contribution is -0.121. The average Bonchev–Trinajstić information content (AvgIpc) is 2.57. The second-order valence-corrected chi connectivity index (χ2v) is 3.97. The SMILES string of the molecule is CC1=C[C@H](C(N)=O)[C@H]2O[C@@]2(C)C1. The van der Waals surface area contributed by atoms with Crippen molar-refractivity contribution < 1.29 is 9.53 Å². The standard InChI is InChI=1S/C9H13NO2/c1-5-3-6(8(10)11)7-9(2,4-5)12-7/h3,6-7H,4H2,1-2H3,(H2,10,11)/t6-,7+,9-/m0/s1. The summed E-state index contributed by atoms with van der Waals surface area (Å²) in [5.74, 6) is -0.480. The van der Waals surface area contributed by atoms with Crippen LogP contribution in [0.3, 0.4) is 0 Å². The molecule has 1 heterocycles. The van der Waals surface area contributed by atoms with Crippen LogP contribution >= 0.6 is 0 Å². The Balaban J connectivity index is 2.26. The van der Waals surface area contributed by atoms with Gasteiger partial charge in [-0.15, -0.1) is 0 Å². The quantitative estimate of drug-likeness (QED) is 0.459.